The highest BCUT2D eigenvalue weighted by Crippen LogP contribution is 2.43. The van der Waals surface area contributed by atoms with E-state index in [-0.39, 0.29) is 17.8 Å². The fourth-order valence-corrected chi connectivity index (χ4v) is 4.61. The Morgan fingerprint density at radius 3 is 3.00 bits per heavy atom. The van der Waals surface area contributed by atoms with Crippen molar-refractivity contribution in [1.29, 1.82) is 0 Å². The number of hydrogen-bond donors (Lipinski definition) is 0. The van der Waals surface area contributed by atoms with Crippen LogP contribution in [0.4, 0.5) is 4.39 Å². The molecule has 0 saturated carbocycles. The number of aromatic nitrogens is 1. The Bertz CT molecular complexity index is 853. The van der Waals surface area contributed by atoms with Crippen LogP contribution in [0.3, 0.4) is 0 Å². The van der Waals surface area contributed by atoms with Crippen LogP contribution in [0.25, 0.3) is 10.9 Å². The molecular formula is C21H23FN2O2. The lowest BCUT2D eigenvalue weighted by Gasteiger charge is -2.51. The maximum absolute atomic E-state index is 13.9. The molecule has 0 radical (unpaired) electrons. The molecule has 4 nitrogen and oxygen atoms in total. The Kier molecular flexibility index (Phi) is 4.49. The van der Waals surface area contributed by atoms with E-state index in [2.05, 4.69) is 16.5 Å². The summed E-state index contributed by atoms with van der Waals surface area (Å²) in [6.07, 6.45) is 5.42. The molecule has 3 aliphatic heterocycles. The first kappa shape index (κ1) is 17.2. The van der Waals surface area contributed by atoms with E-state index in [4.69, 9.17) is 4.74 Å². The molecule has 1 aromatic heterocycles. The molecule has 26 heavy (non-hydrogen) atoms. The minimum atomic E-state index is -0.423. The number of carbonyl (C=O) groups is 1. The van der Waals surface area contributed by atoms with Crippen LogP contribution in [0.2, 0.25) is 0 Å². The van der Waals surface area contributed by atoms with E-state index in [1.807, 2.05) is 12.1 Å². The largest absolute Gasteiger partial charge is 0.456 e. The molecule has 5 atom stereocenters. The number of benzene rings is 1. The van der Waals surface area contributed by atoms with Gasteiger partial charge in [0.15, 0.2) is 0 Å². The van der Waals surface area contributed by atoms with Crippen molar-refractivity contribution >= 4 is 16.9 Å². The van der Waals surface area contributed by atoms with E-state index in [1.54, 1.807) is 12.3 Å². The maximum Gasteiger partial charge on any atom is 0.303 e. The van der Waals surface area contributed by atoms with Crippen molar-refractivity contribution in [2.24, 2.45) is 11.8 Å². The van der Waals surface area contributed by atoms with E-state index in [0.29, 0.717) is 22.7 Å². The van der Waals surface area contributed by atoms with Crippen LogP contribution in [0.1, 0.15) is 31.4 Å². The fraction of sp³-hybridized carbons (Fsp3) is 0.429. The van der Waals surface area contributed by atoms with Gasteiger partial charge in [-0.2, -0.15) is 0 Å². The van der Waals surface area contributed by atoms with Gasteiger partial charge in [0.05, 0.1) is 11.6 Å². The normalized spacial score (nSPS) is 28.7. The highest BCUT2D eigenvalue weighted by atomic mass is 19.1. The topological polar surface area (TPSA) is 42.4 Å². The first-order valence-corrected chi connectivity index (χ1v) is 9.15. The Hall–Kier alpha value is -2.27. The van der Waals surface area contributed by atoms with Crippen LogP contribution in [0.5, 0.6) is 0 Å². The zero-order chi connectivity index (χ0) is 18.3. The number of ether oxygens (including phenoxy) is 1. The second-order valence-corrected chi connectivity index (χ2v) is 7.34. The van der Waals surface area contributed by atoms with Crippen molar-refractivity contribution in [2.45, 2.75) is 31.9 Å². The van der Waals surface area contributed by atoms with Gasteiger partial charge in [0.2, 0.25) is 0 Å². The van der Waals surface area contributed by atoms with Gasteiger partial charge in [-0.05, 0) is 55.5 Å². The fourth-order valence-electron chi connectivity index (χ4n) is 4.61. The number of pyridine rings is 1. The van der Waals surface area contributed by atoms with Crippen molar-refractivity contribution < 1.29 is 13.9 Å². The zero-order valence-corrected chi connectivity index (χ0v) is 14.9. The van der Waals surface area contributed by atoms with Crippen LogP contribution in [0.15, 0.2) is 43.1 Å². The lowest BCUT2D eigenvalue weighted by Crippen LogP contribution is -2.55. The predicted octanol–water partition coefficient (Wildman–Crippen LogP) is 3.87. The van der Waals surface area contributed by atoms with Gasteiger partial charge in [-0.1, -0.05) is 6.08 Å². The Balaban J connectivity index is 1.76. The summed E-state index contributed by atoms with van der Waals surface area (Å²) in [6.45, 7) is 7.33. The highest BCUT2D eigenvalue weighted by Gasteiger charge is 2.44. The minimum absolute atomic E-state index is 0.0997. The maximum atomic E-state index is 13.9. The van der Waals surface area contributed by atoms with Crippen molar-refractivity contribution in [1.82, 2.24) is 9.88 Å². The summed E-state index contributed by atoms with van der Waals surface area (Å²) in [5.41, 5.74) is 1.54. The third-order valence-electron chi connectivity index (χ3n) is 5.84. The SMILES string of the molecule is C=C[C@H]1CN2CC[C@H]1C[C@H]2[C@H](OC(C)=O)c1ccnc2ccc(F)cc12. The zero-order valence-electron chi connectivity index (χ0n) is 14.9. The second kappa shape index (κ2) is 6.80. The molecule has 2 aromatic rings. The Morgan fingerprint density at radius 1 is 1.46 bits per heavy atom. The molecule has 4 heterocycles. The number of rotatable bonds is 4. The standard InChI is InChI=1S/C21H23FN2O2/c1-3-14-12-24-9-7-15(14)10-20(24)21(26-13(2)25)17-6-8-23-19-5-4-16(22)11-18(17)19/h3-6,8,11,14-15,20-21H,1,7,9-10,12H2,2H3/t14-,15-,20-,21+/m0/s1. The van der Waals surface area contributed by atoms with Crippen molar-refractivity contribution in [3.63, 3.8) is 0 Å². The van der Waals surface area contributed by atoms with Crippen LogP contribution >= 0.6 is 0 Å². The number of carbonyl (C=O) groups excluding carboxylic acids is 1. The number of nitrogens with zero attached hydrogens (tertiary/aromatic N) is 2. The summed E-state index contributed by atoms with van der Waals surface area (Å²) in [5.74, 6) is 0.416. The van der Waals surface area contributed by atoms with E-state index in [9.17, 15) is 9.18 Å². The highest BCUT2D eigenvalue weighted by molar-refractivity contribution is 5.83. The summed E-state index contributed by atoms with van der Waals surface area (Å²) in [6, 6.07) is 6.50. The smallest absolute Gasteiger partial charge is 0.303 e. The molecule has 5 heteroatoms. The first-order valence-electron chi connectivity index (χ1n) is 9.15. The third kappa shape index (κ3) is 3.01. The van der Waals surface area contributed by atoms with Gasteiger partial charge in [0.25, 0.3) is 0 Å². The van der Waals surface area contributed by atoms with E-state index >= 15 is 0 Å². The number of esters is 1. The third-order valence-corrected chi connectivity index (χ3v) is 5.84. The van der Waals surface area contributed by atoms with Gasteiger partial charge >= 0.3 is 5.97 Å². The molecular weight excluding hydrogens is 331 g/mol. The molecule has 1 aromatic carbocycles. The van der Waals surface area contributed by atoms with Crippen molar-refractivity contribution in [3.05, 3.63) is 54.5 Å². The lowest BCUT2D eigenvalue weighted by atomic mass is 9.73. The molecule has 1 unspecified atom stereocenters. The van der Waals surface area contributed by atoms with E-state index in [0.717, 1.165) is 31.5 Å². The van der Waals surface area contributed by atoms with Crippen LogP contribution in [-0.2, 0) is 9.53 Å². The molecule has 2 bridgehead atoms. The minimum Gasteiger partial charge on any atom is -0.456 e. The molecule has 3 fully saturated rings. The van der Waals surface area contributed by atoms with Gasteiger partial charge in [-0.25, -0.2) is 4.39 Å². The molecule has 136 valence electrons. The van der Waals surface area contributed by atoms with Gasteiger partial charge in [0, 0.05) is 30.6 Å². The average Bonchev–Trinajstić information content (AvgIpc) is 2.65. The number of fused-ring (bicyclic) bond motifs is 4. The van der Waals surface area contributed by atoms with Gasteiger partial charge in [-0.15, -0.1) is 6.58 Å². The summed E-state index contributed by atoms with van der Waals surface area (Å²) >= 11 is 0. The molecule has 5 rings (SSSR count). The van der Waals surface area contributed by atoms with Gasteiger partial charge in [-0.3, -0.25) is 14.7 Å². The van der Waals surface area contributed by atoms with Gasteiger partial charge in [0.1, 0.15) is 11.9 Å². The molecule has 3 aliphatic rings. The summed E-state index contributed by atoms with van der Waals surface area (Å²) in [7, 11) is 0. The van der Waals surface area contributed by atoms with Gasteiger partial charge < -0.3 is 4.74 Å². The lowest BCUT2D eigenvalue weighted by molar-refractivity contribution is -0.154. The number of hydrogen-bond acceptors (Lipinski definition) is 4. The molecule has 0 N–H and O–H groups in total. The Labute approximate surface area is 152 Å². The molecule has 3 saturated heterocycles. The average molecular weight is 354 g/mol. The Morgan fingerprint density at radius 2 is 2.31 bits per heavy atom. The first-order chi connectivity index (χ1) is 12.6. The number of piperidine rings is 3. The summed E-state index contributed by atoms with van der Waals surface area (Å²) in [4.78, 5) is 18.6. The molecule has 0 spiro atoms. The van der Waals surface area contributed by atoms with E-state index < -0.39 is 6.10 Å². The summed E-state index contributed by atoms with van der Waals surface area (Å²) < 4.78 is 19.7. The van der Waals surface area contributed by atoms with E-state index in [1.165, 1.54) is 19.1 Å². The monoisotopic (exact) mass is 354 g/mol. The van der Waals surface area contributed by atoms with Crippen LogP contribution in [-0.4, -0.2) is 35.0 Å². The van der Waals surface area contributed by atoms with Crippen LogP contribution in [0, 0.1) is 17.7 Å². The number of halogens is 1. The van der Waals surface area contributed by atoms with Crippen molar-refractivity contribution in [2.75, 3.05) is 13.1 Å². The molecule has 0 amide bonds. The van der Waals surface area contributed by atoms with Crippen molar-refractivity contribution in [3.8, 4) is 0 Å². The predicted molar refractivity (Wildman–Crippen MR) is 98.0 cm³/mol. The second-order valence-electron chi connectivity index (χ2n) is 7.34. The summed E-state index contributed by atoms with van der Waals surface area (Å²) in [5, 5.41) is 0.710. The molecule has 0 aliphatic carbocycles. The van der Waals surface area contributed by atoms with Crippen LogP contribution < -0.4 is 0 Å². The quantitative estimate of drug-likeness (QED) is 0.617.